The van der Waals surface area contributed by atoms with Gasteiger partial charge >= 0.3 is 0 Å². The first-order chi connectivity index (χ1) is 13.1. The Morgan fingerprint density at radius 3 is 2.70 bits per heavy atom. The van der Waals surface area contributed by atoms with Crippen LogP contribution in [0.1, 0.15) is 47.6 Å². The van der Waals surface area contributed by atoms with Gasteiger partial charge in [-0.2, -0.15) is 5.26 Å². The average Bonchev–Trinajstić information content (AvgIpc) is 2.71. The number of carbonyl (C=O) groups excluding carboxylic acids is 1. The highest BCUT2D eigenvalue weighted by Crippen LogP contribution is 2.30. The maximum absolute atomic E-state index is 11.8. The van der Waals surface area contributed by atoms with Gasteiger partial charge in [0.15, 0.2) is 0 Å². The number of aryl methyl sites for hydroxylation is 1. The van der Waals surface area contributed by atoms with Gasteiger partial charge < -0.3 is 4.90 Å². The van der Waals surface area contributed by atoms with Crippen molar-refractivity contribution in [2.45, 2.75) is 38.1 Å². The minimum absolute atomic E-state index is 0.203. The number of hydrogen-bond donors (Lipinski definition) is 0. The summed E-state index contributed by atoms with van der Waals surface area (Å²) in [5, 5.41) is 8.90. The first-order valence-corrected chi connectivity index (χ1v) is 9.61. The molecule has 1 fully saturated rings. The molecule has 138 valence electrons. The van der Waals surface area contributed by atoms with Crippen LogP contribution < -0.4 is 4.90 Å². The lowest BCUT2D eigenvalue weighted by Crippen LogP contribution is -2.33. The van der Waals surface area contributed by atoms with Gasteiger partial charge in [-0.05, 0) is 61.7 Å². The van der Waals surface area contributed by atoms with Crippen LogP contribution in [0, 0.1) is 11.3 Å². The first kappa shape index (κ1) is 17.7. The normalized spacial score (nSPS) is 18.2. The van der Waals surface area contributed by atoms with Gasteiger partial charge in [0.2, 0.25) is 5.91 Å². The fraction of sp³-hybridized carbons (Fsp3) is 0.409. The third-order valence-corrected chi connectivity index (χ3v) is 5.82. The van der Waals surface area contributed by atoms with Crippen molar-refractivity contribution in [2.75, 3.05) is 25.0 Å². The van der Waals surface area contributed by atoms with Crippen molar-refractivity contribution in [1.29, 1.82) is 5.26 Å². The number of benzene rings is 1. The van der Waals surface area contributed by atoms with E-state index in [1.165, 1.54) is 11.1 Å². The lowest BCUT2D eigenvalue weighted by atomic mass is 9.92. The van der Waals surface area contributed by atoms with E-state index < -0.39 is 0 Å². The molecule has 0 atom stereocenters. The van der Waals surface area contributed by atoms with Crippen LogP contribution in [-0.2, 0) is 17.8 Å². The predicted octanol–water partition coefficient (Wildman–Crippen LogP) is 3.24. The van der Waals surface area contributed by atoms with Crippen LogP contribution in [0.3, 0.4) is 0 Å². The Kier molecular flexibility index (Phi) is 4.91. The van der Waals surface area contributed by atoms with Gasteiger partial charge in [0, 0.05) is 43.5 Å². The average molecular weight is 360 g/mol. The molecule has 2 aromatic rings. The monoisotopic (exact) mass is 360 g/mol. The second kappa shape index (κ2) is 7.50. The van der Waals surface area contributed by atoms with Crippen LogP contribution in [0.25, 0.3) is 0 Å². The van der Waals surface area contributed by atoms with Crippen LogP contribution in [0.15, 0.2) is 36.5 Å². The Hall–Kier alpha value is -2.71. The molecule has 0 spiro atoms. The zero-order chi connectivity index (χ0) is 18.8. The van der Waals surface area contributed by atoms with E-state index in [4.69, 9.17) is 5.26 Å². The fourth-order valence-corrected chi connectivity index (χ4v) is 4.17. The van der Waals surface area contributed by atoms with E-state index in [1.807, 2.05) is 19.2 Å². The van der Waals surface area contributed by atoms with Crippen LogP contribution in [0.5, 0.6) is 0 Å². The largest absolute Gasteiger partial charge is 0.315 e. The molecule has 0 radical (unpaired) electrons. The van der Waals surface area contributed by atoms with Gasteiger partial charge in [0.1, 0.15) is 6.07 Å². The lowest BCUT2D eigenvalue weighted by molar-refractivity contribution is -0.118. The summed E-state index contributed by atoms with van der Waals surface area (Å²) in [4.78, 5) is 20.6. The summed E-state index contributed by atoms with van der Waals surface area (Å²) in [6.45, 7) is 3.07. The standard InChI is InChI=1S/C22H24N4O/c1-25-21-6-3-16(12-19(21)4-7-22(25)27)15-26-10-8-18(9-11-26)20-5-2-17(13-23)14-24-20/h2-3,5-6,12,14,18H,4,7-11,15H2,1H3. The van der Waals surface area contributed by atoms with E-state index in [2.05, 4.69) is 34.2 Å². The van der Waals surface area contributed by atoms with Gasteiger partial charge in [0.25, 0.3) is 0 Å². The van der Waals surface area contributed by atoms with E-state index in [9.17, 15) is 4.79 Å². The van der Waals surface area contributed by atoms with Gasteiger partial charge in [-0.1, -0.05) is 12.1 Å². The summed E-state index contributed by atoms with van der Waals surface area (Å²) in [5.74, 6) is 0.686. The van der Waals surface area contributed by atoms with E-state index in [0.29, 0.717) is 17.9 Å². The Morgan fingerprint density at radius 2 is 2.00 bits per heavy atom. The molecule has 0 saturated carbocycles. The Morgan fingerprint density at radius 1 is 1.19 bits per heavy atom. The molecule has 0 N–H and O–H groups in total. The number of fused-ring (bicyclic) bond motifs is 1. The smallest absolute Gasteiger partial charge is 0.227 e. The number of piperidine rings is 1. The molecule has 2 aliphatic rings. The van der Waals surface area contributed by atoms with Crippen LogP contribution >= 0.6 is 0 Å². The Bertz CT molecular complexity index is 876. The quantitative estimate of drug-likeness (QED) is 0.843. The highest BCUT2D eigenvalue weighted by atomic mass is 16.2. The molecule has 1 saturated heterocycles. The molecule has 0 unspecified atom stereocenters. The molecule has 3 heterocycles. The molecular formula is C22H24N4O. The molecule has 27 heavy (non-hydrogen) atoms. The van der Waals surface area contributed by atoms with Gasteiger partial charge in [-0.3, -0.25) is 14.7 Å². The zero-order valence-electron chi connectivity index (χ0n) is 15.7. The number of rotatable bonds is 3. The number of nitrogens with zero attached hydrogens (tertiary/aromatic N) is 4. The fourth-order valence-electron chi connectivity index (χ4n) is 4.17. The minimum Gasteiger partial charge on any atom is -0.315 e. The van der Waals surface area contributed by atoms with Crippen molar-refractivity contribution in [3.8, 4) is 6.07 Å². The maximum atomic E-state index is 11.8. The molecule has 1 aromatic heterocycles. The Labute approximate surface area is 160 Å². The van der Waals surface area contributed by atoms with Crippen LogP contribution in [0.2, 0.25) is 0 Å². The zero-order valence-corrected chi connectivity index (χ0v) is 15.7. The molecule has 1 amide bonds. The van der Waals surface area contributed by atoms with E-state index >= 15 is 0 Å². The first-order valence-electron chi connectivity index (χ1n) is 9.61. The molecule has 5 heteroatoms. The summed E-state index contributed by atoms with van der Waals surface area (Å²) in [7, 11) is 1.86. The SMILES string of the molecule is CN1C(=O)CCc2cc(CN3CCC(c4ccc(C#N)cn4)CC3)ccc21. The van der Waals surface area contributed by atoms with Gasteiger partial charge in [0.05, 0.1) is 5.56 Å². The lowest BCUT2D eigenvalue weighted by Gasteiger charge is -2.32. The van der Waals surface area contributed by atoms with Crippen molar-refractivity contribution >= 4 is 11.6 Å². The summed E-state index contributed by atoms with van der Waals surface area (Å²) < 4.78 is 0. The number of aromatic nitrogens is 1. The van der Waals surface area contributed by atoms with Crippen molar-refractivity contribution < 1.29 is 4.79 Å². The van der Waals surface area contributed by atoms with Crippen molar-refractivity contribution in [1.82, 2.24) is 9.88 Å². The number of anilines is 1. The number of hydrogen-bond acceptors (Lipinski definition) is 4. The summed E-state index contributed by atoms with van der Waals surface area (Å²) >= 11 is 0. The number of pyridine rings is 1. The Balaban J connectivity index is 1.37. The molecule has 0 bridgehead atoms. The predicted molar refractivity (Wildman–Crippen MR) is 104 cm³/mol. The van der Waals surface area contributed by atoms with Gasteiger partial charge in [-0.25, -0.2) is 0 Å². The minimum atomic E-state index is 0.203. The van der Waals surface area contributed by atoms with E-state index in [0.717, 1.165) is 50.3 Å². The van der Waals surface area contributed by atoms with Crippen LogP contribution in [0.4, 0.5) is 5.69 Å². The highest BCUT2D eigenvalue weighted by Gasteiger charge is 2.23. The van der Waals surface area contributed by atoms with E-state index in [-0.39, 0.29) is 5.91 Å². The van der Waals surface area contributed by atoms with E-state index in [1.54, 1.807) is 11.1 Å². The molecule has 4 rings (SSSR count). The van der Waals surface area contributed by atoms with Gasteiger partial charge in [-0.15, -0.1) is 0 Å². The summed E-state index contributed by atoms with van der Waals surface area (Å²) in [6, 6.07) is 12.5. The summed E-state index contributed by atoms with van der Waals surface area (Å²) in [5.41, 5.74) is 5.39. The molecule has 2 aliphatic heterocycles. The molecule has 1 aromatic carbocycles. The number of likely N-dealkylation sites (tertiary alicyclic amines) is 1. The van der Waals surface area contributed by atoms with Crippen molar-refractivity contribution in [3.63, 3.8) is 0 Å². The van der Waals surface area contributed by atoms with Crippen molar-refractivity contribution in [2.24, 2.45) is 0 Å². The number of carbonyl (C=O) groups is 1. The summed E-state index contributed by atoms with van der Waals surface area (Å²) in [6.07, 6.45) is 5.33. The molecular weight excluding hydrogens is 336 g/mol. The topological polar surface area (TPSA) is 60.2 Å². The second-order valence-electron chi connectivity index (χ2n) is 7.55. The third-order valence-electron chi connectivity index (χ3n) is 5.82. The molecule has 0 aliphatic carbocycles. The number of amides is 1. The third kappa shape index (κ3) is 3.72. The second-order valence-corrected chi connectivity index (χ2v) is 7.55. The number of nitriles is 1. The maximum Gasteiger partial charge on any atom is 0.227 e. The molecule has 5 nitrogen and oxygen atoms in total. The highest BCUT2D eigenvalue weighted by molar-refractivity contribution is 5.95. The van der Waals surface area contributed by atoms with Crippen LogP contribution in [-0.4, -0.2) is 35.9 Å². The van der Waals surface area contributed by atoms with Crippen molar-refractivity contribution in [3.05, 3.63) is 58.9 Å².